The summed E-state index contributed by atoms with van der Waals surface area (Å²) in [6, 6.07) is 16.4. The van der Waals surface area contributed by atoms with E-state index in [4.69, 9.17) is 10.7 Å². The van der Waals surface area contributed by atoms with Crippen LogP contribution in [-0.2, 0) is 6.54 Å². The molecule has 0 atom stereocenters. The van der Waals surface area contributed by atoms with Crippen LogP contribution in [0, 0.1) is 5.82 Å². The summed E-state index contributed by atoms with van der Waals surface area (Å²) < 4.78 is 15.8. The minimum Gasteiger partial charge on any atom is -0.383 e. The molecule has 0 spiro atoms. The van der Waals surface area contributed by atoms with E-state index in [2.05, 4.69) is 20.3 Å². The minimum atomic E-state index is -0.325. The lowest BCUT2D eigenvalue weighted by molar-refractivity contribution is 0.237. The van der Waals surface area contributed by atoms with Crippen molar-refractivity contribution in [3.8, 4) is 11.3 Å². The van der Waals surface area contributed by atoms with E-state index in [1.54, 1.807) is 10.7 Å². The van der Waals surface area contributed by atoms with Crippen molar-refractivity contribution in [1.82, 2.24) is 24.6 Å². The van der Waals surface area contributed by atoms with Gasteiger partial charge < -0.3 is 16.0 Å². The van der Waals surface area contributed by atoms with Crippen LogP contribution in [0.1, 0.15) is 24.8 Å². The van der Waals surface area contributed by atoms with Crippen LogP contribution in [-0.4, -0.2) is 50.8 Å². The third kappa shape index (κ3) is 4.80. The van der Waals surface area contributed by atoms with Crippen molar-refractivity contribution < 1.29 is 4.39 Å². The van der Waals surface area contributed by atoms with Gasteiger partial charge in [0, 0.05) is 18.7 Å². The lowest BCUT2D eigenvalue weighted by Crippen LogP contribution is -2.33. The maximum absolute atomic E-state index is 14.0. The second-order valence-electron chi connectivity index (χ2n) is 8.46. The van der Waals surface area contributed by atoms with E-state index in [9.17, 15) is 4.39 Å². The number of piperidine rings is 1. The van der Waals surface area contributed by atoms with Gasteiger partial charge in [-0.15, -0.1) is 5.10 Å². The number of hydrogen-bond donors (Lipinski definition) is 2. The molecule has 1 aliphatic heterocycles. The maximum atomic E-state index is 14.0. The number of benzene rings is 2. The van der Waals surface area contributed by atoms with Crippen LogP contribution in [0.25, 0.3) is 22.3 Å². The second kappa shape index (κ2) is 9.54. The summed E-state index contributed by atoms with van der Waals surface area (Å²) in [4.78, 5) is 11.8. The number of nitrogens with one attached hydrogen (secondary N) is 1. The fraction of sp³-hybridized carbons (Fsp3) is 0.320. The molecule has 0 unspecified atom stereocenters. The fourth-order valence-corrected chi connectivity index (χ4v) is 4.36. The zero-order valence-electron chi connectivity index (χ0n) is 18.5. The molecule has 8 heteroatoms. The average Bonchev–Trinajstić information content (AvgIpc) is 3.15. The highest BCUT2D eigenvalue weighted by atomic mass is 19.1. The summed E-state index contributed by atoms with van der Waals surface area (Å²) >= 11 is 0. The maximum Gasteiger partial charge on any atom is 0.225 e. The van der Waals surface area contributed by atoms with Gasteiger partial charge in [-0.05, 0) is 43.6 Å². The molecule has 1 saturated heterocycles. The summed E-state index contributed by atoms with van der Waals surface area (Å²) in [6.07, 6.45) is 3.82. The van der Waals surface area contributed by atoms with E-state index >= 15 is 0 Å². The lowest BCUT2D eigenvalue weighted by atomic mass is 10.1. The molecule has 0 amide bonds. The Morgan fingerprint density at radius 2 is 1.79 bits per heavy atom. The van der Waals surface area contributed by atoms with Gasteiger partial charge in [0.15, 0.2) is 5.65 Å². The van der Waals surface area contributed by atoms with Crippen molar-refractivity contribution in [3.05, 3.63) is 66.0 Å². The molecule has 3 N–H and O–H groups in total. The number of aromatic nitrogens is 4. The van der Waals surface area contributed by atoms with E-state index in [0.717, 1.165) is 31.7 Å². The number of rotatable bonds is 7. The van der Waals surface area contributed by atoms with Gasteiger partial charge in [-0.1, -0.05) is 48.9 Å². The Kier molecular flexibility index (Phi) is 6.17. The van der Waals surface area contributed by atoms with Crippen molar-refractivity contribution >= 4 is 22.8 Å². The first kappa shape index (κ1) is 21.3. The Labute approximate surface area is 192 Å². The van der Waals surface area contributed by atoms with Crippen molar-refractivity contribution in [2.45, 2.75) is 25.8 Å². The third-order valence-electron chi connectivity index (χ3n) is 6.07. The predicted octanol–water partition coefficient (Wildman–Crippen LogP) is 4.16. The highest BCUT2D eigenvalue weighted by molar-refractivity contribution is 5.98. The first-order chi connectivity index (χ1) is 16.2. The number of hydrogen-bond acceptors (Lipinski definition) is 6. The summed E-state index contributed by atoms with van der Waals surface area (Å²) in [5, 5.41) is 8.65. The smallest absolute Gasteiger partial charge is 0.225 e. The van der Waals surface area contributed by atoms with Crippen molar-refractivity contribution in [2.24, 2.45) is 0 Å². The minimum absolute atomic E-state index is 0.325. The van der Waals surface area contributed by atoms with Crippen LogP contribution in [0.3, 0.4) is 0 Å². The Bertz CT molecular complexity index is 1230. The molecule has 2 aromatic heterocycles. The molecule has 5 rings (SSSR count). The number of halogens is 1. The normalized spacial score (nSPS) is 14.6. The summed E-state index contributed by atoms with van der Waals surface area (Å²) in [6.45, 7) is 4.45. The van der Waals surface area contributed by atoms with Gasteiger partial charge in [-0.3, -0.25) is 0 Å². The molecular formula is C25H28FN7. The molecule has 4 aromatic rings. The van der Waals surface area contributed by atoms with E-state index < -0.39 is 0 Å². The van der Waals surface area contributed by atoms with Crippen LogP contribution in [0.15, 0.2) is 54.6 Å². The molecule has 1 aliphatic rings. The predicted molar refractivity (Wildman–Crippen MR) is 129 cm³/mol. The molecule has 3 heterocycles. The number of nitrogens with zero attached hydrogens (tertiary/aromatic N) is 5. The summed E-state index contributed by atoms with van der Waals surface area (Å²) in [5.41, 5.74) is 9.32. The number of fused-ring (bicyclic) bond motifs is 1. The van der Waals surface area contributed by atoms with Gasteiger partial charge in [0.2, 0.25) is 5.95 Å². The number of likely N-dealkylation sites (tertiary alicyclic amines) is 1. The van der Waals surface area contributed by atoms with Gasteiger partial charge in [-0.25, -0.2) is 14.1 Å². The summed E-state index contributed by atoms with van der Waals surface area (Å²) in [7, 11) is 0. The Morgan fingerprint density at radius 3 is 2.58 bits per heavy atom. The Hall–Kier alpha value is -3.52. The molecule has 0 saturated carbocycles. The van der Waals surface area contributed by atoms with Gasteiger partial charge in [-0.2, -0.15) is 4.98 Å². The first-order valence-electron chi connectivity index (χ1n) is 11.5. The van der Waals surface area contributed by atoms with Crippen molar-refractivity contribution in [2.75, 3.05) is 37.2 Å². The molecule has 0 bridgehead atoms. The standard InChI is InChI=1S/C25H28FN7/c26-20-11-7-10-19(16-20)22-21-23(27)33(17-18-8-3-1-4-9-18)31-24(21)30-25(29-22)28-12-15-32-13-5-2-6-14-32/h1,3-4,7-11,16H,2,5-6,12-15,17,27H2,(H,28,30,31). The van der Waals surface area contributed by atoms with E-state index in [1.165, 1.54) is 31.4 Å². The van der Waals surface area contributed by atoms with Gasteiger partial charge in [0.1, 0.15) is 11.6 Å². The molecular weight excluding hydrogens is 417 g/mol. The first-order valence-corrected chi connectivity index (χ1v) is 11.5. The molecule has 33 heavy (non-hydrogen) atoms. The van der Waals surface area contributed by atoms with Crippen LogP contribution >= 0.6 is 0 Å². The topological polar surface area (TPSA) is 84.9 Å². The van der Waals surface area contributed by atoms with Gasteiger partial charge >= 0.3 is 0 Å². The zero-order valence-corrected chi connectivity index (χ0v) is 18.5. The molecule has 2 aromatic carbocycles. The van der Waals surface area contributed by atoms with Crippen molar-refractivity contribution in [1.29, 1.82) is 0 Å². The number of anilines is 2. The fourth-order valence-electron chi connectivity index (χ4n) is 4.36. The molecule has 7 nitrogen and oxygen atoms in total. The second-order valence-corrected chi connectivity index (χ2v) is 8.46. The van der Waals surface area contributed by atoms with Crippen LogP contribution in [0.4, 0.5) is 16.2 Å². The van der Waals surface area contributed by atoms with Gasteiger partial charge in [0.05, 0.1) is 17.6 Å². The molecule has 0 aliphatic carbocycles. The Morgan fingerprint density at radius 1 is 0.970 bits per heavy atom. The lowest BCUT2D eigenvalue weighted by Gasteiger charge is -2.26. The monoisotopic (exact) mass is 445 g/mol. The van der Waals surface area contributed by atoms with Gasteiger partial charge in [0.25, 0.3) is 0 Å². The van der Waals surface area contributed by atoms with E-state index in [-0.39, 0.29) is 5.82 Å². The molecule has 0 radical (unpaired) electrons. The van der Waals surface area contributed by atoms with Crippen molar-refractivity contribution in [3.63, 3.8) is 0 Å². The quantitative estimate of drug-likeness (QED) is 0.444. The number of nitrogen functional groups attached to an aromatic ring is 1. The largest absolute Gasteiger partial charge is 0.383 e. The molecule has 1 fully saturated rings. The Balaban J connectivity index is 1.49. The van der Waals surface area contributed by atoms with E-state index in [0.29, 0.717) is 40.6 Å². The van der Waals surface area contributed by atoms with Crippen LogP contribution in [0.5, 0.6) is 0 Å². The zero-order chi connectivity index (χ0) is 22.6. The highest BCUT2D eigenvalue weighted by Gasteiger charge is 2.19. The van der Waals surface area contributed by atoms with E-state index in [1.807, 2.05) is 36.4 Å². The third-order valence-corrected chi connectivity index (χ3v) is 6.07. The molecule has 170 valence electrons. The summed E-state index contributed by atoms with van der Waals surface area (Å²) in [5.74, 6) is 0.616. The highest BCUT2D eigenvalue weighted by Crippen LogP contribution is 2.32. The van der Waals surface area contributed by atoms with Crippen LogP contribution < -0.4 is 11.1 Å². The SMILES string of the molecule is Nc1c2c(-c3cccc(F)c3)nc(NCCN3CCCCC3)nc2nn1Cc1ccccc1. The average molecular weight is 446 g/mol. The van der Waals surface area contributed by atoms with Crippen LogP contribution in [0.2, 0.25) is 0 Å². The number of nitrogens with two attached hydrogens (primary N) is 1.